The smallest absolute Gasteiger partial charge is 0.226 e. The first kappa shape index (κ1) is 90.4. The Hall–Kier alpha value is -16.8. The topological polar surface area (TPSA) is 318 Å². The minimum absolute atomic E-state index is 0.0322. The van der Waals surface area contributed by atoms with Gasteiger partial charge in [0.25, 0.3) is 0 Å². The van der Waals surface area contributed by atoms with Crippen LogP contribution in [0.25, 0.3) is 165 Å². The van der Waals surface area contributed by atoms with Crippen molar-refractivity contribution in [2.75, 3.05) is 0 Å². The second-order valence-electron chi connectivity index (χ2n) is 38.8. The number of aryl methyl sites for hydroxylation is 2. The van der Waals surface area contributed by atoms with Gasteiger partial charge in [0, 0.05) is 160 Å². The first-order valence-electron chi connectivity index (χ1n) is 47.7. The molecule has 0 N–H and O–H groups in total. The summed E-state index contributed by atoms with van der Waals surface area (Å²) in [5.74, 6) is 4.37. The summed E-state index contributed by atoms with van der Waals surface area (Å²) in [7, 11) is 0. The molecule has 8 aliphatic rings. The average Bonchev–Trinajstić information content (AvgIpc) is 0.982. The van der Waals surface area contributed by atoms with Gasteiger partial charge in [0.15, 0.2) is 58.0 Å². The predicted molar refractivity (Wildman–Crippen MR) is 540 cm³/mol. The number of benzene rings is 5. The summed E-state index contributed by atoms with van der Waals surface area (Å²) in [6, 6.07) is 53.4. The fourth-order valence-electron chi connectivity index (χ4n) is 23.8. The number of ketones is 4. The number of nitrogens with zero attached hydrogens (tertiary/aromatic N) is 19. The number of rotatable bonds is 8. The third-order valence-corrected chi connectivity index (χ3v) is 31.6. The van der Waals surface area contributed by atoms with Gasteiger partial charge >= 0.3 is 0 Å². The van der Waals surface area contributed by atoms with Crippen LogP contribution in [-0.4, -0.2) is 98.1 Å². The first-order valence-corrected chi connectivity index (χ1v) is 48.5. The van der Waals surface area contributed by atoms with Gasteiger partial charge in [0.1, 0.15) is 39.1 Å². The fourth-order valence-corrected chi connectivity index (χ4v) is 24.4. The molecule has 0 unspecified atom stereocenters. The molecule has 12 aromatic heterocycles. The van der Waals surface area contributed by atoms with Gasteiger partial charge in [-0.1, -0.05) is 176 Å². The van der Waals surface area contributed by atoms with E-state index in [-0.39, 0.29) is 93.3 Å². The Bertz CT molecular complexity index is 8260. The van der Waals surface area contributed by atoms with E-state index in [1.165, 1.54) is 0 Å². The Balaban J connectivity index is 0.000000109. The lowest BCUT2D eigenvalue weighted by Gasteiger charge is -2.46. The van der Waals surface area contributed by atoms with Gasteiger partial charge in [0.2, 0.25) is 34.5 Å². The number of carbonyl (C=O) groups excluding carboxylic acids is 4. The highest BCUT2D eigenvalue weighted by Gasteiger charge is 2.55. The van der Waals surface area contributed by atoms with Crippen molar-refractivity contribution in [3.05, 3.63) is 350 Å². The molecule has 17 aromatic rings. The number of Topliss-reactive ketones (excluding diaryl/α,β-unsaturated/α-hetero) is 4. The zero-order valence-corrected chi connectivity index (χ0v) is 80.2. The minimum Gasteiger partial charge on any atom is -0.460 e. The monoisotopic (exact) mass is 1880 g/mol. The molecule has 5 aromatic carbocycles. The lowest BCUT2D eigenvalue weighted by Crippen LogP contribution is -2.46. The first-order chi connectivity index (χ1) is 68.8. The van der Waals surface area contributed by atoms with Crippen LogP contribution in [0.15, 0.2) is 261 Å². The van der Waals surface area contributed by atoms with Gasteiger partial charge in [0.05, 0.1) is 71.1 Å². The molecule has 0 amide bonds. The number of thiazole rings is 1. The van der Waals surface area contributed by atoms with Crippen LogP contribution in [0.2, 0.25) is 0 Å². The maximum absolute atomic E-state index is 13.0. The number of hydrogen-bond acceptors (Lipinski definition) is 23. The van der Waals surface area contributed by atoms with E-state index < -0.39 is 21.7 Å². The highest BCUT2D eigenvalue weighted by Crippen LogP contribution is 2.58. The summed E-state index contributed by atoms with van der Waals surface area (Å²) in [5, 5.41) is 11.8. The van der Waals surface area contributed by atoms with Crippen molar-refractivity contribution in [2.24, 2.45) is 47.3 Å². The Labute approximate surface area is 821 Å². The van der Waals surface area contributed by atoms with Gasteiger partial charge < -0.3 is 32.5 Å². The van der Waals surface area contributed by atoms with Crippen LogP contribution in [0.4, 0.5) is 0 Å². The molecular weight excluding hydrogens is 1790 g/mol. The van der Waals surface area contributed by atoms with Gasteiger partial charge in [-0.2, -0.15) is 4.98 Å². The van der Waals surface area contributed by atoms with E-state index in [4.69, 9.17) is 79.5 Å². The van der Waals surface area contributed by atoms with Gasteiger partial charge in [-0.25, -0.2) is 64.2 Å². The molecule has 0 aliphatic heterocycles. The van der Waals surface area contributed by atoms with Crippen LogP contribution in [0, 0.1) is 87.5 Å². The standard InChI is InChI=1S/C32H24N4O2.C29H24N4O2.C27H22N6O2.C27H21N5OS/c1-18-23-13-12-22-28(27-16-19-8-4-7-11-26(19)38-27)35-31(21-14-15-34-24-10-6-5-9-20(21)24)36-30(22)32(23,2)17-25(33-3)29(18)37;1-16-9-12-24(35-16)25-20-10-11-21-17(2)26(34)23(30-4)15-29(21,3)27(20)33-28(32-25)19-13-14-31-22-8-6-5-7-18(19)22;1-14-19-10-9-18-22(26-30-15(2)35-33-26)31-25(17-11-12-29-20-8-6-5-7-16(17)20)32-24(18)27(19,3)13-21(28-4)23(14)34;1-15-19-9-8-18-22(26-30-12-13-34-26)31-25(17-10-11-29-20-7-5-4-6-16(17)20)32-24(18)27(19,2)14-21(28-3)23(15)33/h4-11,14-18,23H,12-13H2,1-2H3;5-9,12-15,17,21H,10-11H2,1-3H3;5-8,11-14,19H,9-10H2,1-3H3;4-7,10-15,19H,8-9H2,1-2H3/t18-,23-,32-;17-,21-,29-;14-,19-,27-;15-,19-,27-/m1111/s1. The maximum Gasteiger partial charge on any atom is 0.226 e. The fraction of sp³-hybridized carbons (Fsp3) is 0.261. The number of carbonyl (C=O) groups is 4. The molecule has 0 fully saturated rings. The summed E-state index contributed by atoms with van der Waals surface area (Å²) in [6.45, 7) is 50.4. The second kappa shape index (κ2) is 35.3. The number of allylic oxidation sites excluding steroid dienone is 8. The summed E-state index contributed by atoms with van der Waals surface area (Å²) in [4.78, 5) is 134. The summed E-state index contributed by atoms with van der Waals surface area (Å²) >= 11 is 1.56. The van der Waals surface area contributed by atoms with Crippen molar-refractivity contribution in [1.82, 2.24) is 74.9 Å². The molecule has 0 spiro atoms. The van der Waals surface area contributed by atoms with Crippen LogP contribution in [0.3, 0.4) is 0 Å². The van der Waals surface area contributed by atoms with Gasteiger partial charge in [-0.15, -0.1) is 11.3 Å². The Morgan fingerprint density at radius 1 is 0.352 bits per heavy atom. The summed E-state index contributed by atoms with van der Waals surface area (Å²) in [6.07, 6.45) is 22.5. The lowest BCUT2D eigenvalue weighted by molar-refractivity contribution is -0.122. The molecule has 27 heteroatoms. The second-order valence-corrected chi connectivity index (χ2v) is 39.7. The van der Waals surface area contributed by atoms with Crippen molar-refractivity contribution in [3.63, 3.8) is 0 Å². The summed E-state index contributed by atoms with van der Waals surface area (Å²) < 4.78 is 17.7. The van der Waals surface area contributed by atoms with Crippen molar-refractivity contribution >= 4 is 89.1 Å². The van der Waals surface area contributed by atoms with E-state index in [1.807, 2.05) is 228 Å². The molecule has 26 nitrogen and oxygen atoms in total. The number of furan rings is 2. The van der Waals surface area contributed by atoms with Crippen molar-refractivity contribution in [3.8, 4) is 90.7 Å². The van der Waals surface area contributed by atoms with Gasteiger partial charge in [-0.3, -0.25) is 19.9 Å². The normalized spacial score (nSPS) is 23.2. The van der Waals surface area contributed by atoms with E-state index in [1.54, 1.807) is 49.2 Å². The predicted octanol–water partition coefficient (Wildman–Crippen LogP) is 23.6. The Morgan fingerprint density at radius 2 is 0.690 bits per heavy atom. The van der Waals surface area contributed by atoms with E-state index in [0.29, 0.717) is 58.6 Å². The van der Waals surface area contributed by atoms with Crippen molar-refractivity contribution in [1.29, 1.82) is 0 Å². The molecule has 0 radical (unpaired) electrons. The van der Waals surface area contributed by atoms with Gasteiger partial charge in [-0.05, 0) is 155 Å². The quantitative estimate of drug-likeness (QED) is 0.128. The molecule has 12 atom stereocenters. The number of aromatic nitrogens is 15. The van der Waals surface area contributed by atoms with Crippen molar-refractivity contribution < 1.29 is 32.5 Å². The maximum atomic E-state index is 13.0. The highest BCUT2D eigenvalue weighted by molar-refractivity contribution is 7.13. The average molecular weight is 1880 g/mol. The molecule has 142 heavy (non-hydrogen) atoms. The summed E-state index contributed by atoms with van der Waals surface area (Å²) in [5.41, 5.74) is 16.9. The lowest BCUT2D eigenvalue weighted by atomic mass is 9.58. The van der Waals surface area contributed by atoms with E-state index in [9.17, 15) is 19.2 Å². The van der Waals surface area contributed by atoms with Crippen LogP contribution in [0.1, 0.15) is 138 Å². The third-order valence-electron chi connectivity index (χ3n) is 30.8. The third kappa shape index (κ3) is 14.9. The zero-order valence-electron chi connectivity index (χ0n) is 79.4. The van der Waals surface area contributed by atoms with E-state index >= 15 is 0 Å². The molecule has 8 aliphatic carbocycles. The van der Waals surface area contributed by atoms with E-state index in [2.05, 4.69) is 82.1 Å². The van der Waals surface area contributed by atoms with Crippen LogP contribution in [-0.2, 0) is 66.5 Å². The zero-order chi connectivity index (χ0) is 98.1. The number of fused-ring (bicyclic) bond motifs is 17. The Kier molecular flexibility index (Phi) is 22.5. The molecule has 0 saturated heterocycles. The number of para-hydroxylation sites is 5. The molecular formula is C115H91N19O7S. The number of hydrogen-bond donors (Lipinski definition) is 0. The van der Waals surface area contributed by atoms with Crippen LogP contribution >= 0.6 is 11.3 Å². The van der Waals surface area contributed by atoms with E-state index in [0.717, 1.165) is 195 Å². The Morgan fingerprint density at radius 3 is 1.03 bits per heavy atom. The minimum atomic E-state index is -0.602. The molecule has 25 rings (SSSR count). The highest BCUT2D eigenvalue weighted by atomic mass is 32.1. The van der Waals surface area contributed by atoms with Crippen LogP contribution < -0.4 is 0 Å². The van der Waals surface area contributed by atoms with Crippen LogP contribution in [0.5, 0.6) is 0 Å². The molecule has 12 heterocycles. The largest absolute Gasteiger partial charge is 0.460 e. The molecule has 0 bridgehead atoms. The molecule has 0 saturated carbocycles. The molecule has 694 valence electrons. The SMILES string of the molecule is [C-]#[N+]C1=C[C@@]2(C)c3nc(-c4ccnc5ccccc45)nc(-c4cc5ccccc5o4)c3CC[C@@H]2[C@@H](C)C1=O.[C-]#[N+]C1=C[C@@]2(C)c3nc(-c4ccnc5ccccc45)nc(-c4ccc(C)o4)c3CC[C@@H]2[C@@H](C)C1=O.[C-]#[N+]C1=C[C@@]2(C)c3nc(-c4ccnc5ccccc45)nc(-c4nccs4)c3CC[C@@H]2[C@@H](C)C1=O.[C-]#[N+]C1=C[C@@]2(C)c3nc(-c4ccnc5ccccc45)nc(-c4noc(C)n4)c3CC[C@@H]2[C@@H](C)C1=O. The number of pyridine rings is 4. The van der Waals surface area contributed by atoms with Crippen molar-refractivity contribution in [2.45, 2.75) is 142 Å².